The molecule has 1 aromatic carbocycles. The van der Waals surface area contributed by atoms with E-state index >= 15 is 0 Å². The first kappa shape index (κ1) is 13.8. The highest BCUT2D eigenvalue weighted by Crippen LogP contribution is 2.34. The van der Waals surface area contributed by atoms with Gasteiger partial charge in [0, 0.05) is 17.3 Å². The van der Waals surface area contributed by atoms with E-state index in [0.29, 0.717) is 0 Å². The third kappa shape index (κ3) is 2.83. The highest BCUT2D eigenvalue weighted by molar-refractivity contribution is 6.30. The Hall–Kier alpha value is -2.67. The van der Waals surface area contributed by atoms with Crippen LogP contribution in [0.2, 0.25) is 5.02 Å². The number of ether oxygens (including phenoxy) is 1. The first-order chi connectivity index (χ1) is 9.49. The molecule has 0 fully saturated rings. The van der Waals surface area contributed by atoms with Crippen molar-refractivity contribution in [2.45, 2.75) is 0 Å². The first-order valence-electron chi connectivity index (χ1n) is 5.28. The summed E-state index contributed by atoms with van der Waals surface area (Å²) in [6, 6.07) is 5.05. The van der Waals surface area contributed by atoms with Crippen LogP contribution in [0.4, 0.5) is 5.69 Å². The molecule has 0 saturated carbocycles. The van der Waals surface area contributed by atoms with E-state index in [4.69, 9.17) is 21.4 Å². The van der Waals surface area contributed by atoms with Crippen LogP contribution in [-0.2, 0) is 0 Å². The third-order valence-corrected chi connectivity index (χ3v) is 2.59. The summed E-state index contributed by atoms with van der Waals surface area (Å²) in [4.78, 5) is 25.0. The molecule has 0 bridgehead atoms. The SMILES string of the molecule is O=C(O)c1ccncc1Oc1ccc(Cl)cc1[N+](=O)[O-]. The van der Waals surface area contributed by atoms with Crippen LogP contribution < -0.4 is 4.74 Å². The maximum atomic E-state index is 11.0. The molecule has 2 rings (SSSR count). The molecule has 1 N–H and O–H groups in total. The summed E-state index contributed by atoms with van der Waals surface area (Å²) < 4.78 is 5.27. The summed E-state index contributed by atoms with van der Waals surface area (Å²) >= 11 is 5.68. The molecule has 0 aliphatic heterocycles. The lowest BCUT2D eigenvalue weighted by atomic mass is 10.2. The number of carboxylic acid groups (broad SMARTS) is 1. The summed E-state index contributed by atoms with van der Waals surface area (Å²) in [5.74, 6) is -1.43. The van der Waals surface area contributed by atoms with E-state index in [1.54, 1.807) is 0 Å². The third-order valence-electron chi connectivity index (χ3n) is 2.35. The van der Waals surface area contributed by atoms with Crippen molar-refractivity contribution in [3.63, 3.8) is 0 Å². The first-order valence-corrected chi connectivity index (χ1v) is 5.66. The minimum absolute atomic E-state index is 0.0922. The van der Waals surface area contributed by atoms with Gasteiger partial charge in [-0.25, -0.2) is 4.79 Å². The molecule has 0 atom stereocenters. The summed E-state index contributed by atoms with van der Waals surface area (Å²) in [5, 5.41) is 20.1. The van der Waals surface area contributed by atoms with Crippen LogP contribution in [0, 0.1) is 10.1 Å². The van der Waals surface area contributed by atoms with E-state index in [9.17, 15) is 14.9 Å². The van der Waals surface area contributed by atoms with Gasteiger partial charge in [-0.2, -0.15) is 0 Å². The Kier molecular flexibility index (Phi) is 3.81. The molecule has 0 radical (unpaired) electrons. The maximum Gasteiger partial charge on any atom is 0.339 e. The van der Waals surface area contributed by atoms with Crippen molar-refractivity contribution in [1.82, 2.24) is 4.98 Å². The predicted octanol–water partition coefficient (Wildman–Crippen LogP) is 3.13. The highest BCUT2D eigenvalue weighted by Gasteiger charge is 2.19. The molecular formula is C12H7ClN2O5. The lowest BCUT2D eigenvalue weighted by Gasteiger charge is -2.08. The molecular weight excluding hydrogens is 288 g/mol. The molecule has 0 aliphatic rings. The van der Waals surface area contributed by atoms with Crippen molar-refractivity contribution in [2.24, 2.45) is 0 Å². The second kappa shape index (κ2) is 5.54. The summed E-state index contributed by atoms with van der Waals surface area (Å²) in [5.41, 5.74) is -0.512. The lowest BCUT2D eigenvalue weighted by molar-refractivity contribution is -0.385. The maximum absolute atomic E-state index is 11.0. The number of carboxylic acids is 1. The van der Waals surface area contributed by atoms with E-state index in [2.05, 4.69) is 4.98 Å². The number of rotatable bonds is 4. The molecule has 0 saturated heterocycles. The molecule has 1 heterocycles. The van der Waals surface area contributed by atoms with Crippen LogP contribution in [0.5, 0.6) is 11.5 Å². The summed E-state index contributed by atoms with van der Waals surface area (Å²) in [6.45, 7) is 0. The number of benzene rings is 1. The molecule has 0 unspecified atom stereocenters. The van der Waals surface area contributed by atoms with Gasteiger partial charge in [0.15, 0.2) is 5.75 Å². The second-order valence-electron chi connectivity index (χ2n) is 3.65. The van der Waals surface area contributed by atoms with Crippen molar-refractivity contribution < 1.29 is 19.6 Å². The van der Waals surface area contributed by atoms with E-state index in [0.717, 1.165) is 6.07 Å². The average molecular weight is 295 g/mol. The molecule has 0 amide bonds. The number of hydrogen-bond donors (Lipinski definition) is 1. The van der Waals surface area contributed by atoms with Crippen LogP contribution in [-0.4, -0.2) is 21.0 Å². The van der Waals surface area contributed by atoms with Crippen molar-refractivity contribution >= 4 is 23.3 Å². The molecule has 1 aromatic heterocycles. The monoisotopic (exact) mass is 294 g/mol. The molecule has 0 spiro atoms. The molecule has 20 heavy (non-hydrogen) atoms. The normalized spacial score (nSPS) is 10.1. The number of hydrogen-bond acceptors (Lipinski definition) is 5. The van der Waals surface area contributed by atoms with Crippen molar-refractivity contribution in [2.75, 3.05) is 0 Å². The Morgan fingerprint density at radius 2 is 2.10 bits per heavy atom. The van der Waals surface area contributed by atoms with Gasteiger partial charge in [-0.15, -0.1) is 0 Å². The Bertz CT molecular complexity index is 689. The number of aromatic nitrogens is 1. The fraction of sp³-hybridized carbons (Fsp3) is 0. The smallest absolute Gasteiger partial charge is 0.339 e. The quantitative estimate of drug-likeness (QED) is 0.686. The standard InChI is InChI=1S/C12H7ClN2O5/c13-7-1-2-10(9(5-7)15(18)19)20-11-6-14-4-3-8(11)12(16)17/h1-6H,(H,16,17). The zero-order chi connectivity index (χ0) is 14.7. The van der Waals surface area contributed by atoms with Gasteiger partial charge < -0.3 is 9.84 Å². The van der Waals surface area contributed by atoms with Crippen LogP contribution in [0.3, 0.4) is 0 Å². The van der Waals surface area contributed by atoms with Gasteiger partial charge in [0.2, 0.25) is 5.75 Å². The van der Waals surface area contributed by atoms with Gasteiger partial charge in [-0.1, -0.05) is 11.6 Å². The van der Waals surface area contributed by atoms with Gasteiger partial charge in [-0.3, -0.25) is 15.1 Å². The Morgan fingerprint density at radius 3 is 2.75 bits per heavy atom. The number of carbonyl (C=O) groups is 1. The number of pyridine rings is 1. The van der Waals surface area contributed by atoms with Crippen molar-refractivity contribution in [1.29, 1.82) is 0 Å². The van der Waals surface area contributed by atoms with Gasteiger partial charge in [-0.05, 0) is 18.2 Å². The number of nitro groups is 1. The lowest BCUT2D eigenvalue weighted by Crippen LogP contribution is -2.01. The second-order valence-corrected chi connectivity index (χ2v) is 4.08. The minimum Gasteiger partial charge on any atom is -0.478 e. The van der Waals surface area contributed by atoms with Crippen LogP contribution in [0.25, 0.3) is 0 Å². The topological polar surface area (TPSA) is 103 Å². The number of nitro benzene ring substituents is 1. The fourth-order valence-corrected chi connectivity index (χ4v) is 1.64. The van der Waals surface area contributed by atoms with Gasteiger partial charge in [0.1, 0.15) is 5.56 Å². The van der Waals surface area contributed by atoms with Crippen molar-refractivity contribution in [3.8, 4) is 11.5 Å². The molecule has 102 valence electrons. The van der Waals surface area contributed by atoms with E-state index < -0.39 is 10.9 Å². The zero-order valence-electron chi connectivity index (χ0n) is 9.82. The number of halogens is 1. The molecule has 2 aromatic rings. The summed E-state index contributed by atoms with van der Waals surface area (Å²) in [7, 11) is 0. The van der Waals surface area contributed by atoms with Gasteiger partial charge in [0.25, 0.3) is 0 Å². The van der Waals surface area contributed by atoms with E-state index in [1.807, 2.05) is 0 Å². The average Bonchev–Trinajstić information content (AvgIpc) is 2.41. The van der Waals surface area contributed by atoms with Crippen LogP contribution >= 0.6 is 11.6 Å². The van der Waals surface area contributed by atoms with Gasteiger partial charge in [0.05, 0.1) is 11.1 Å². The largest absolute Gasteiger partial charge is 0.478 e. The van der Waals surface area contributed by atoms with Crippen LogP contribution in [0.1, 0.15) is 10.4 Å². The van der Waals surface area contributed by atoms with Crippen molar-refractivity contribution in [3.05, 3.63) is 57.4 Å². The Balaban J connectivity index is 2.45. The van der Waals surface area contributed by atoms with Crippen LogP contribution in [0.15, 0.2) is 36.7 Å². The summed E-state index contributed by atoms with van der Waals surface area (Å²) in [6.07, 6.45) is 2.45. The zero-order valence-corrected chi connectivity index (χ0v) is 10.6. The number of aromatic carboxylic acids is 1. The van der Waals surface area contributed by atoms with Gasteiger partial charge >= 0.3 is 11.7 Å². The highest BCUT2D eigenvalue weighted by atomic mass is 35.5. The molecule has 7 nitrogen and oxygen atoms in total. The fourth-order valence-electron chi connectivity index (χ4n) is 1.48. The van der Waals surface area contributed by atoms with E-state index in [1.165, 1.54) is 30.6 Å². The molecule has 0 aliphatic carbocycles. The minimum atomic E-state index is -1.22. The Morgan fingerprint density at radius 1 is 1.35 bits per heavy atom. The number of nitrogens with zero attached hydrogens (tertiary/aromatic N) is 2. The van der Waals surface area contributed by atoms with E-state index in [-0.39, 0.29) is 27.8 Å². The molecule has 8 heteroatoms. The predicted molar refractivity (Wildman–Crippen MR) is 69.4 cm³/mol. The Labute approximate surface area is 117 Å².